The predicted octanol–water partition coefficient (Wildman–Crippen LogP) is 2.03. The monoisotopic (exact) mass is 727 g/mol. The van der Waals surface area contributed by atoms with E-state index in [1.165, 1.54) is 30.2 Å². The highest BCUT2D eigenvalue weighted by atomic mass is 16.5. The Balaban J connectivity index is 2.20. The molecule has 6 N–H and O–H groups in total. The molecule has 14 heteroatoms. The zero-order valence-electron chi connectivity index (χ0n) is 31.2. The maximum atomic E-state index is 13.6. The second kappa shape index (κ2) is 22.3. The third-order valence-corrected chi connectivity index (χ3v) is 8.67. The summed E-state index contributed by atoms with van der Waals surface area (Å²) in [4.78, 5) is 80.4. The van der Waals surface area contributed by atoms with Crippen LogP contribution in [-0.4, -0.2) is 101 Å². The summed E-state index contributed by atoms with van der Waals surface area (Å²) in [5.74, 6) is -4.50. The normalized spacial score (nSPS) is 19.8. The zero-order chi connectivity index (χ0) is 38.8. The lowest BCUT2D eigenvalue weighted by molar-refractivity contribution is -0.156. The Morgan fingerprint density at radius 2 is 1.69 bits per heavy atom. The standard InChI is InChI=1S/C38H57N5O9/c1-7-8-9-10-11-12-13-14-31(46)40-29(22-44)35(48)42-33(24(2)3)36(49)39-27-17-20-32(47)41-34(25(4)5)37(50)43(6)30(38(51)52-23-27)21-26-15-18-28(45)19-16-26/h12-13,15-20,24-25,27,29-30,33-34,44-45H,7-11,14,21-23H2,1-6H3,(H,39,49)(H,40,46)(H,41,47)(H,42,48)/b13-12-,20-17?/t27-,29+,30+,33+,34+/m1/s1. The van der Waals surface area contributed by atoms with Crippen molar-refractivity contribution < 1.29 is 43.7 Å². The summed E-state index contributed by atoms with van der Waals surface area (Å²) in [5.41, 5.74) is 0.642. The Morgan fingerprint density at radius 3 is 2.31 bits per heavy atom. The van der Waals surface area contributed by atoms with Crippen molar-refractivity contribution >= 4 is 35.5 Å². The second-order valence-corrected chi connectivity index (χ2v) is 13.7. The lowest BCUT2D eigenvalue weighted by Crippen LogP contribution is -2.58. The summed E-state index contributed by atoms with van der Waals surface area (Å²) in [6, 6.07) is 0.620. The van der Waals surface area contributed by atoms with Crippen LogP contribution in [0.3, 0.4) is 0 Å². The second-order valence-electron chi connectivity index (χ2n) is 13.7. The van der Waals surface area contributed by atoms with Crippen LogP contribution >= 0.6 is 0 Å². The van der Waals surface area contributed by atoms with Gasteiger partial charge in [0.15, 0.2) is 0 Å². The molecule has 14 nitrogen and oxygen atoms in total. The molecule has 5 atom stereocenters. The molecule has 1 aliphatic rings. The van der Waals surface area contributed by atoms with Crippen LogP contribution in [0.5, 0.6) is 5.75 Å². The number of phenols is 1. The Kier molecular flexibility index (Phi) is 18.6. The molecule has 1 aliphatic heterocycles. The van der Waals surface area contributed by atoms with E-state index in [1.807, 2.05) is 6.08 Å². The van der Waals surface area contributed by atoms with Gasteiger partial charge in [-0.25, -0.2) is 4.79 Å². The number of hydrogen-bond acceptors (Lipinski definition) is 9. The number of unbranched alkanes of at least 4 members (excludes halogenated alkanes) is 4. The van der Waals surface area contributed by atoms with Gasteiger partial charge in [0, 0.05) is 26.0 Å². The van der Waals surface area contributed by atoms with Crippen molar-refractivity contribution in [3.63, 3.8) is 0 Å². The largest absolute Gasteiger partial charge is 0.508 e. The molecule has 0 saturated heterocycles. The molecule has 288 valence electrons. The number of hydrogen-bond donors (Lipinski definition) is 6. The van der Waals surface area contributed by atoms with Gasteiger partial charge in [-0.3, -0.25) is 24.0 Å². The quantitative estimate of drug-likeness (QED) is 0.0789. The number of phenolic OH excluding ortho intramolecular Hbond substituents is 1. The molecule has 1 aromatic rings. The number of ether oxygens (including phenoxy) is 1. The predicted molar refractivity (Wildman–Crippen MR) is 195 cm³/mol. The van der Waals surface area contributed by atoms with E-state index >= 15 is 0 Å². The SMILES string of the molecule is CCCCCC/C=C\CC(=O)N[C@@H](CO)C(=O)N[C@H](C(=O)N[C@@H]1C=CC(=O)N[C@@H](C(C)C)C(=O)N(C)[C@@H](Cc2ccc(O)cc2)C(=O)OC1)C(C)C. The summed E-state index contributed by atoms with van der Waals surface area (Å²) in [6.45, 7) is 7.93. The summed E-state index contributed by atoms with van der Waals surface area (Å²) < 4.78 is 5.62. The number of aliphatic hydroxyl groups is 1. The lowest BCUT2D eigenvalue weighted by Gasteiger charge is -2.32. The van der Waals surface area contributed by atoms with Crippen LogP contribution in [0.4, 0.5) is 0 Å². The number of aromatic hydroxyl groups is 1. The van der Waals surface area contributed by atoms with Crippen molar-refractivity contribution in [2.24, 2.45) is 11.8 Å². The van der Waals surface area contributed by atoms with Gasteiger partial charge < -0.3 is 41.1 Å². The van der Waals surface area contributed by atoms with Gasteiger partial charge in [-0.2, -0.15) is 0 Å². The Hall–Kier alpha value is -4.72. The molecule has 0 aliphatic carbocycles. The minimum atomic E-state index is -1.30. The minimum Gasteiger partial charge on any atom is -0.508 e. The third kappa shape index (κ3) is 14.5. The first-order valence-electron chi connectivity index (χ1n) is 18.0. The number of nitrogens with one attached hydrogen (secondary N) is 4. The topological polar surface area (TPSA) is 203 Å². The van der Waals surface area contributed by atoms with Crippen LogP contribution in [0.1, 0.15) is 78.7 Å². The highest BCUT2D eigenvalue weighted by Gasteiger charge is 2.36. The van der Waals surface area contributed by atoms with Crippen LogP contribution in [0.2, 0.25) is 0 Å². The van der Waals surface area contributed by atoms with E-state index in [0.29, 0.717) is 5.56 Å². The molecule has 0 aromatic heterocycles. The van der Waals surface area contributed by atoms with E-state index in [9.17, 15) is 39.0 Å². The number of benzene rings is 1. The molecule has 0 saturated carbocycles. The zero-order valence-corrected chi connectivity index (χ0v) is 31.2. The van der Waals surface area contributed by atoms with E-state index in [-0.39, 0.29) is 24.5 Å². The number of aliphatic hydroxyl groups excluding tert-OH is 1. The number of esters is 1. The fourth-order valence-electron chi connectivity index (χ4n) is 5.44. The average Bonchev–Trinajstić information content (AvgIpc) is 3.10. The number of cyclic esters (lactones) is 1. The highest BCUT2D eigenvalue weighted by Crippen LogP contribution is 2.17. The average molecular weight is 728 g/mol. The van der Waals surface area contributed by atoms with Crippen LogP contribution in [-0.2, 0) is 39.9 Å². The number of rotatable bonds is 17. The third-order valence-electron chi connectivity index (χ3n) is 8.67. The van der Waals surface area contributed by atoms with Crippen LogP contribution in [0, 0.1) is 11.8 Å². The van der Waals surface area contributed by atoms with Gasteiger partial charge >= 0.3 is 5.97 Å². The first kappa shape index (κ1) is 43.4. The van der Waals surface area contributed by atoms with E-state index in [1.54, 1.807) is 45.9 Å². The van der Waals surface area contributed by atoms with Gasteiger partial charge in [0.1, 0.15) is 36.5 Å². The van der Waals surface area contributed by atoms with E-state index < -0.39 is 84.8 Å². The van der Waals surface area contributed by atoms with Gasteiger partial charge in [-0.15, -0.1) is 0 Å². The number of allylic oxidation sites excluding steroid dienone is 1. The number of likely N-dealkylation sites (N-methyl/N-ethyl adjacent to an activating group) is 1. The first-order valence-corrected chi connectivity index (χ1v) is 18.0. The molecule has 5 amide bonds. The molecule has 0 radical (unpaired) electrons. The number of nitrogens with zero attached hydrogens (tertiary/aromatic N) is 1. The fraction of sp³-hybridized carbons (Fsp3) is 0.579. The summed E-state index contributed by atoms with van der Waals surface area (Å²) in [6.07, 6.45) is 11.4. The number of carbonyl (C=O) groups excluding carboxylic acids is 6. The summed E-state index contributed by atoms with van der Waals surface area (Å²) in [5, 5.41) is 30.1. The first-order chi connectivity index (χ1) is 24.7. The van der Waals surface area contributed by atoms with Gasteiger partial charge in [0.25, 0.3) is 0 Å². The molecule has 2 rings (SSSR count). The smallest absolute Gasteiger partial charge is 0.329 e. The lowest BCUT2D eigenvalue weighted by atomic mass is 9.99. The van der Waals surface area contributed by atoms with Gasteiger partial charge in [-0.1, -0.05) is 84.2 Å². The van der Waals surface area contributed by atoms with Crippen LogP contribution in [0.25, 0.3) is 0 Å². The van der Waals surface area contributed by atoms with E-state index in [0.717, 1.165) is 38.2 Å². The van der Waals surface area contributed by atoms with Crippen molar-refractivity contribution in [1.29, 1.82) is 0 Å². The Morgan fingerprint density at radius 1 is 1.00 bits per heavy atom. The van der Waals surface area contributed by atoms with Crippen molar-refractivity contribution in [3.8, 4) is 5.75 Å². The maximum Gasteiger partial charge on any atom is 0.329 e. The van der Waals surface area contributed by atoms with Gasteiger partial charge in [0.05, 0.1) is 12.6 Å². The maximum absolute atomic E-state index is 13.6. The molecule has 0 spiro atoms. The number of carbonyl (C=O) groups is 6. The van der Waals surface area contributed by atoms with Crippen molar-refractivity contribution in [2.75, 3.05) is 20.3 Å². The Labute approximate surface area is 306 Å². The van der Waals surface area contributed by atoms with Crippen molar-refractivity contribution in [2.45, 2.75) is 110 Å². The molecule has 1 heterocycles. The molecule has 52 heavy (non-hydrogen) atoms. The highest BCUT2D eigenvalue weighted by molar-refractivity contribution is 5.95. The Bertz CT molecular complexity index is 1410. The van der Waals surface area contributed by atoms with E-state index in [2.05, 4.69) is 28.2 Å². The van der Waals surface area contributed by atoms with Gasteiger partial charge in [-0.05, 0) is 42.4 Å². The van der Waals surface area contributed by atoms with Crippen LogP contribution < -0.4 is 21.3 Å². The molecular weight excluding hydrogens is 670 g/mol. The molecule has 0 bridgehead atoms. The molecule has 1 aromatic carbocycles. The molecular formula is C38H57N5O9. The molecule has 0 unspecified atom stereocenters. The van der Waals surface area contributed by atoms with Gasteiger partial charge in [0.2, 0.25) is 29.5 Å². The van der Waals surface area contributed by atoms with Crippen molar-refractivity contribution in [1.82, 2.24) is 26.2 Å². The fourth-order valence-corrected chi connectivity index (χ4v) is 5.44. The number of amides is 5. The summed E-state index contributed by atoms with van der Waals surface area (Å²) in [7, 11) is 1.45. The molecule has 0 fully saturated rings. The summed E-state index contributed by atoms with van der Waals surface area (Å²) >= 11 is 0. The van der Waals surface area contributed by atoms with E-state index in [4.69, 9.17) is 4.74 Å². The minimum absolute atomic E-state index is 0.0314. The van der Waals surface area contributed by atoms with Crippen LogP contribution in [0.15, 0.2) is 48.6 Å². The van der Waals surface area contributed by atoms with Crippen molar-refractivity contribution in [3.05, 3.63) is 54.1 Å².